The van der Waals surface area contributed by atoms with Gasteiger partial charge in [0.05, 0.1) is 12.3 Å². The topological polar surface area (TPSA) is 84.5 Å². The van der Waals surface area contributed by atoms with Crippen LogP contribution in [0.2, 0.25) is 0 Å². The Labute approximate surface area is 158 Å². The van der Waals surface area contributed by atoms with Crippen LogP contribution in [0.3, 0.4) is 0 Å². The third kappa shape index (κ3) is 4.20. The van der Waals surface area contributed by atoms with E-state index in [4.69, 9.17) is 4.74 Å². The number of anilines is 2. The molecule has 140 valence electrons. The first-order valence-corrected chi connectivity index (χ1v) is 9.94. The van der Waals surface area contributed by atoms with Crippen LogP contribution in [-0.2, 0) is 14.8 Å². The Hall–Kier alpha value is -3.06. The van der Waals surface area contributed by atoms with Crippen molar-refractivity contribution in [2.24, 2.45) is 0 Å². The second kappa shape index (κ2) is 7.67. The molecule has 0 saturated carbocycles. The highest BCUT2D eigenvalue weighted by Crippen LogP contribution is 2.31. The largest absolute Gasteiger partial charge is 0.492 e. The fraction of sp³-hybridized carbons (Fsp3) is 0.150. The summed E-state index contributed by atoms with van der Waals surface area (Å²) < 4.78 is 34.3. The molecule has 0 saturated heterocycles. The van der Waals surface area contributed by atoms with Crippen molar-refractivity contribution in [3.8, 4) is 5.75 Å². The van der Waals surface area contributed by atoms with Crippen LogP contribution in [0.15, 0.2) is 65.6 Å². The molecule has 6 nitrogen and oxygen atoms in total. The highest BCUT2D eigenvalue weighted by Gasteiger charge is 2.21. The summed E-state index contributed by atoms with van der Waals surface area (Å²) >= 11 is 0. The molecular weight excluding hydrogens is 364 g/mol. The van der Waals surface area contributed by atoms with Crippen LogP contribution in [0.1, 0.15) is 13.8 Å². The van der Waals surface area contributed by atoms with E-state index >= 15 is 0 Å². The Morgan fingerprint density at radius 2 is 1.78 bits per heavy atom. The van der Waals surface area contributed by atoms with Gasteiger partial charge in [-0.25, -0.2) is 8.42 Å². The summed E-state index contributed by atoms with van der Waals surface area (Å²) in [6, 6.07) is 17.4. The molecule has 0 radical (unpaired) electrons. The van der Waals surface area contributed by atoms with Gasteiger partial charge in [-0.2, -0.15) is 0 Å². The standard InChI is InChI=1S/C20H20N2O4S/c1-3-26-19-12-11-16(21-14(2)23)13-20(19)27(24,25)22-18-10-6-8-15-7-4-5-9-17(15)18/h4-13,22H,3H2,1-2H3,(H,21,23). The predicted octanol–water partition coefficient (Wildman–Crippen LogP) is 4.00. The first-order valence-electron chi connectivity index (χ1n) is 8.46. The summed E-state index contributed by atoms with van der Waals surface area (Å²) in [6.07, 6.45) is 0. The number of amides is 1. The quantitative estimate of drug-likeness (QED) is 0.673. The summed E-state index contributed by atoms with van der Waals surface area (Å²) in [4.78, 5) is 11.3. The van der Waals surface area contributed by atoms with Crippen molar-refractivity contribution < 1.29 is 17.9 Å². The van der Waals surface area contributed by atoms with Crippen LogP contribution in [0.5, 0.6) is 5.75 Å². The zero-order chi connectivity index (χ0) is 19.4. The van der Waals surface area contributed by atoms with Crippen LogP contribution < -0.4 is 14.8 Å². The third-order valence-corrected chi connectivity index (χ3v) is 5.27. The van der Waals surface area contributed by atoms with Gasteiger partial charge >= 0.3 is 0 Å². The number of sulfonamides is 1. The minimum absolute atomic E-state index is 0.0384. The molecule has 0 unspecified atom stereocenters. The number of carbonyl (C=O) groups is 1. The second-order valence-electron chi connectivity index (χ2n) is 5.91. The monoisotopic (exact) mass is 384 g/mol. The molecule has 3 rings (SSSR count). The maximum Gasteiger partial charge on any atom is 0.265 e. The van der Waals surface area contributed by atoms with E-state index in [1.54, 1.807) is 25.1 Å². The van der Waals surface area contributed by atoms with Crippen LogP contribution in [0, 0.1) is 0 Å². The molecule has 0 atom stereocenters. The van der Waals surface area contributed by atoms with E-state index in [0.29, 0.717) is 18.0 Å². The lowest BCUT2D eigenvalue weighted by Gasteiger charge is -2.15. The molecule has 0 spiro atoms. The Balaban J connectivity index is 2.06. The number of hydrogen-bond donors (Lipinski definition) is 2. The number of ether oxygens (including phenoxy) is 1. The smallest absolute Gasteiger partial charge is 0.265 e. The first kappa shape index (κ1) is 18.7. The number of hydrogen-bond acceptors (Lipinski definition) is 4. The molecule has 0 heterocycles. The SMILES string of the molecule is CCOc1ccc(NC(C)=O)cc1S(=O)(=O)Nc1cccc2ccccc12. The number of carbonyl (C=O) groups excluding carboxylic acids is 1. The summed E-state index contributed by atoms with van der Waals surface area (Å²) in [6.45, 7) is 3.45. The summed E-state index contributed by atoms with van der Waals surface area (Å²) in [5, 5.41) is 4.31. The number of nitrogens with one attached hydrogen (secondary N) is 2. The maximum absolute atomic E-state index is 13.1. The van der Waals surface area contributed by atoms with E-state index in [0.717, 1.165) is 10.8 Å². The molecule has 2 N–H and O–H groups in total. The van der Waals surface area contributed by atoms with Gasteiger partial charge in [-0.15, -0.1) is 0 Å². The van der Waals surface area contributed by atoms with Crippen molar-refractivity contribution in [1.29, 1.82) is 0 Å². The van der Waals surface area contributed by atoms with Crippen molar-refractivity contribution in [2.75, 3.05) is 16.6 Å². The van der Waals surface area contributed by atoms with Crippen molar-refractivity contribution in [1.82, 2.24) is 0 Å². The van der Waals surface area contributed by atoms with Gasteiger partial charge in [-0.1, -0.05) is 36.4 Å². The normalized spacial score (nSPS) is 11.2. The highest BCUT2D eigenvalue weighted by atomic mass is 32.2. The molecule has 3 aromatic rings. The molecule has 7 heteroatoms. The maximum atomic E-state index is 13.1. The van der Waals surface area contributed by atoms with Gasteiger partial charge in [0.25, 0.3) is 10.0 Å². The number of fused-ring (bicyclic) bond motifs is 1. The first-order chi connectivity index (χ1) is 12.9. The van der Waals surface area contributed by atoms with Gasteiger partial charge in [0.2, 0.25) is 5.91 Å². The number of rotatable bonds is 6. The van der Waals surface area contributed by atoms with Crippen LogP contribution >= 0.6 is 0 Å². The molecule has 1 amide bonds. The molecule has 0 bridgehead atoms. The average molecular weight is 384 g/mol. The predicted molar refractivity (Wildman–Crippen MR) is 107 cm³/mol. The summed E-state index contributed by atoms with van der Waals surface area (Å²) in [5.74, 6) is -0.0659. The van der Waals surface area contributed by atoms with E-state index in [1.165, 1.54) is 19.1 Å². The lowest BCUT2D eigenvalue weighted by atomic mass is 10.1. The van der Waals surface area contributed by atoms with Gasteiger partial charge < -0.3 is 10.1 Å². The Kier molecular flexibility index (Phi) is 5.32. The van der Waals surface area contributed by atoms with E-state index in [2.05, 4.69) is 10.0 Å². The zero-order valence-corrected chi connectivity index (χ0v) is 15.8. The van der Waals surface area contributed by atoms with Crippen molar-refractivity contribution in [3.63, 3.8) is 0 Å². The number of benzene rings is 3. The molecule has 0 aliphatic rings. The Bertz CT molecular complexity index is 1090. The van der Waals surface area contributed by atoms with E-state index < -0.39 is 10.0 Å². The summed E-state index contributed by atoms with van der Waals surface area (Å²) in [7, 11) is -3.94. The van der Waals surface area contributed by atoms with Crippen LogP contribution in [-0.4, -0.2) is 20.9 Å². The van der Waals surface area contributed by atoms with E-state index in [-0.39, 0.29) is 16.6 Å². The van der Waals surface area contributed by atoms with Gasteiger partial charge in [-0.3, -0.25) is 9.52 Å². The molecule has 0 aromatic heterocycles. The minimum Gasteiger partial charge on any atom is -0.492 e. The fourth-order valence-corrected chi connectivity index (χ4v) is 4.04. The minimum atomic E-state index is -3.94. The lowest BCUT2D eigenvalue weighted by Crippen LogP contribution is -2.16. The summed E-state index contributed by atoms with van der Waals surface area (Å²) in [5.41, 5.74) is 0.852. The van der Waals surface area contributed by atoms with Crippen molar-refractivity contribution in [3.05, 3.63) is 60.7 Å². The van der Waals surface area contributed by atoms with Crippen molar-refractivity contribution >= 4 is 38.1 Å². The second-order valence-corrected chi connectivity index (χ2v) is 7.56. The third-order valence-electron chi connectivity index (χ3n) is 3.89. The highest BCUT2D eigenvalue weighted by molar-refractivity contribution is 7.92. The van der Waals surface area contributed by atoms with Crippen LogP contribution in [0.4, 0.5) is 11.4 Å². The van der Waals surface area contributed by atoms with E-state index in [1.807, 2.05) is 30.3 Å². The molecule has 27 heavy (non-hydrogen) atoms. The Morgan fingerprint density at radius 3 is 2.52 bits per heavy atom. The van der Waals surface area contributed by atoms with Crippen LogP contribution in [0.25, 0.3) is 10.8 Å². The zero-order valence-electron chi connectivity index (χ0n) is 15.0. The average Bonchev–Trinajstić information content (AvgIpc) is 2.63. The van der Waals surface area contributed by atoms with E-state index in [9.17, 15) is 13.2 Å². The van der Waals surface area contributed by atoms with Gasteiger partial charge in [0.15, 0.2) is 0 Å². The van der Waals surface area contributed by atoms with Gasteiger partial charge in [0.1, 0.15) is 10.6 Å². The fourth-order valence-electron chi connectivity index (χ4n) is 2.79. The lowest BCUT2D eigenvalue weighted by molar-refractivity contribution is -0.114. The molecule has 0 aliphatic heterocycles. The Morgan fingerprint density at radius 1 is 1.04 bits per heavy atom. The molecule has 0 aliphatic carbocycles. The molecule has 3 aromatic carbocycles. The van der Waals surface area contributed by atoms with Gasteiger partial charge in [-0.05, 0) is 36.6 Å². The molecular formula is C20H20N2O4S. The molecule has 0 fully saturated rings. The van der Waals surface area contributed by atoms with Crippen molar-refractivity contribution in [2.45, 2.75) is 18.7 Å². The van der Waals surface area contributed by atoms with Gasteiger partial charge in [0, 0.05) is 18.0 Å².